The quantitative estimate of drug-likeness (QED) is 0.293. The first-order chi connectivity index (χ1) is 16.3. The summed E-state index contributed by atoms with van der Waals surface area (Å²) < 4.78 is 0. The highest BCUT2D eigenvalue weighted by molar-refractivity contribution is 7.99. The van der Waals surface area contributed by atoms with Gasteiger partial charge in [0.15, 0.2) is 0 Å². The second-order valence-corrected chi connectivity index (χ2v) is 8.50. The summed E-state index contributed by atoms with van der Waals surface area (Å²) in [7, 11) is 0. The molecule has 3 aromatic carbocycles. The molecule has 5 rings (SSSR count). The highest BCUT2D eigenvalue weighted by atomic mass is 32.2. The van der Waals surface area contributed by atoms with Crippen LogP contribution in [0.15, 0.2) is 113 Å². The van der Waals surface area contributed by atoms with Crippen LogP contribution in [0.4, 0.5) is 11.4 Å². The molecule has 0 atom stereocenters. The zero-order chi connectivity index (χ0) is 23.7. The summed E-state index contributed by atoms with van der Waals surface area (Å²) in [5, 5.41) is 6.80. The summed E-state index contributed by atoms with van der Waals surface area (Å²) >= 11 is 1.82. The van der Waals surface area contributed by atoms with Crippen molar-refractivity contribution in [2.75, 3.05) is 18.4 Å². The first-order valence-corrected chi connectivity index (χ1v) is 12.8. The van der Waals surface area contributed by atoms with Crippen molar-refractivity contribution in [3.8, 4) is 0 Å². The lowest BCUT2D eigenvalue weighted by Crippen LogP contribution is -2.26. The fraction of sp³-hybridized carbons (Fsp3) is 0.267. The summed E-state index contributed by atoms with van der Waals surface area (Å²) in [6.45, 7) is 11.8. The molecule has 0 bridgehead atoms. The molecule has 1 saturated heterocycles. The Morgan fingerprint density at radius 1 is 0.788 bits per heavy atom. The minimum Gasteiger partial charge on any atom is -0.354 e. The Hall–Kier alpha value is -2.75. The number of rotatable bonds is 2. The van der Waals surface area contributed by atoms with E-state index in [-0.39, 0.29) is 0 Å². The van der Waals surface area contributed by atoms with Gasteiger partial charge in [-0.2, -0.15) is 0 Å². The maximum absolute atomic E-state index is 3.46. The number of hydrogen-bond acceptors (Lipinski definition) is 3. The minimum atomic E-state index is 0.799. The molecule has 0 unspecified atom stereocenters. The molecule has 2 heterocycles. The van der Waals surface area contributed by atoms with Gasteiger partial charge in [-0.3, -0.25) is 0 Å². The van der Waals surface area contributed by atoms with Crippen molar-refractivity contribution in [2.24, 2.45) is 0 Å². The Kier molecular flexibility index (Phi) is 12.8. The molecular weight excluding hydrogens is 420 g/mol. The highest BCUT2D eigenvalue weighted by Gasteiger charge is 2.14. The number of benzene rings is 3. The number of hydrogen-bond donors (Lipinski definition) is 2. The monoisotopic (exact) mass is 458 g/mol. The summed E-state index contributed by atoms with van der Waals surface area (Å²) in [6.07, 6.45) is 8.17. The molecule has 1 fully saturated rings. The maximum atomic E-state index is 3.46. The van der Waals surface area contributed by atoms with Crippen LogP contribution < -0.4 is 10.6 Å². The number of anilines is 2. The molecule has 0 amide bonds. The molecule has 2 aliphatic heterocycles. The van der Waals surface area contributed by atoms with E-state index in [4.69, 9.17) is 0 Å². The minimum absolute atomic E-state index is 0.799. The Morgan fingerprint density at radius 3 is 1.79 bits per heavy atom. The Balaban J connectivity index is 0.000000185. The fourth-order valence-electron chi connectivity index (χ4n) is 3.60. The normalized spacial score (nSPS) is 13.9. The average Bonchev–Trinajstić information content (AvgIpc) is 2.91. The second kappa shape index (κ2) is 16.0. The molecule has 2 aliphatic rings. The fourth-order valence-corrected chi connectivity index (χ4v) is 4.59. The van der Waals surface area contributed by atoms with Gasteiger partial charge in [-0.15, -0.1) is 0 Å². The van der Waals surface area contributed by atoms with Crippen LogP contribution in [-0.2, 0) is 0 Å². The predicted molar refractivity (Wildman–Crippen MR) is 148 cm³/mol. The van der Waals surface area contributed by atoms with Crippen LogP contribution in [0, 0.1) is 0 Å². The molecule has 3 heteroatoms. The van der Waals surface area contributed by atoms with Crippen molar-refractivity contribution >= 4 is 23.1 Å². The van der Waals surface area contributed by atoms with Gasteiger partial charge in [0, 0.05) is 9.79 Å². The number of nitrogens with one attached hydrogen (secondary N) is 2. The van der Waals surface area contributed by atoms with Crippen LogP contribution in [0.1, 0.15) is 45.1 Å². The van der Waals surface area contributed by atoms with Crippen LogP contribution in [0.25, 0.3) is 0 Å². The molecular formula is C30H38N2S. The molecule has 3 aromatic rings. The highest BCUT2D eigenvalue weighted by Crippen LogP contribution is 2.43. The third kappa shape index (κ3) is 8.95. The number of piperidine rings is 1. The maximum Gasteiger partial charge on any atom is 0.0526 e. The average molecular weight is 459 g/mol. The molecule has 174 valence electrons. The molecule has 0 aliphatic carbocycles. The Morgan fingerprint density at radius 2 is 1.30 bits per heavy atom. The third-order valence-corrected chi connectivity index (χ3v) is 6.35. The number of para-hydroxylation sites is 2. The summed E-state index contributed by atoms with van der Waals surface area (Å²) in [4.78, 5) is 2.59. The molecule has 33 heavy (non-hydrogen) atoms. The smallest absolute Gasteiger partial charge is 0.0526 e. The van der Waals surface area contributed by atoms with E-state index in [9.17, 15) is 0 Å². The summed E-state index contributed by atoms with van der Waals surface area (Å²) in [6, 6.07) is 27.6. The van der Waals surface area contributed by atoms with Gasteiger partial charge in [0.25, 0.3) is 0 Å². The van der Waals surface area contributed by atoms with E-state index in [1.165, 1.54) is 52.7 Å². The molecule has 2 nitrogen and oxygen atoms in total. The molecule has 0 radical (unpaired) electrons. The van der Waals surface area contributed by atoms with Gasteiger partial charge < -0.3 is 10.6 Å². The van der Waals surface area contributed by atoms with Crippen molar-refractivity contribution in [1.82, 2.24) is 5.32 Å². The van der Waals surface area contributed by atoms with Gasteiger partial charge in [0.05, 0.1) is 11.4 Å². The van der Waals surface area contributed by atoms with Gasteiger partial charge in [0.1, 0.15) is 0 Å². The Labute approximate surface area is 205 Å². The van der Waals surface area contributed by atoms with Crippen LogP contribution in [0.5, 0.6) is 0 Å². The van der Waals surface area contributed by atoms with Gasteiger partial charge in [-0.25, -0.2) is 0 Å². The lowest BCUT2D eigenvalue weighted by atomic mass is 9.90. The SMILES string of the molecule is C=C/C=C\C.CC.c1ccc(C2CCNCC2)cc1.c1ccc2c(c1)Nc1ccccc1S2. The van der Waals surface area contributed by atoms with Crippen molar-refractivity contribution in [1.29, 1.82) is 0 Å². The lowest BCUT2D eigenvalue weighted by molar-refractivity contribution is 0.460. The van der Waals surface area contributed by atoms with Crippen molar-refractivity contribution in [2.45, 2.75) is 49.3 Å². The van der Waals surface area contributed by atoms with E-state index in [0.717, 1.165) is 5.92 Å². The summed E-state index contributed by atoms with van der Waals surface area (Å²) in [5.41, 5.74) is 3.92. The zero-order valence-corrected chi connectivity index (χ0v) is 21.1. The van der Waals surface area contributed by atoms with E-state index in [2.05, 4.69) is 96.1 Å². The topological polar surface area (TPSA) is 24.1 Å². The van der Waals surface area contributed by atoms with E-state index in [1.54, 1.807) is 6.08 Å². The van der Waals surface area contributed by atoms with E-state index in [0.29, 0.717) is 0 Å². The van der Waals surface area contributed by atoms with Gasteiger partial charge in [-0.1, -0.05) is 105 Å². The van der Waals surface area contributed by atoms with Gasteiger partial charge in [-0.05, 0) is 68.6 Å². The first kappa shape index (κ1) is 26.5. The molecule has 0 spiro atoms. The van der Waals surface area contributed by atoms with Crippen molar-refractivity contribution in [3.63, 3.8) is 0 Å². The van der Waals surface area contributed by atoms with Gasteiger partial charge >= 0.3 is 0 Å². The van der Waals surface area contributed by atoms with E-state index < -0.39 is 0 Å². The zero-order valence-electron chi connectivity index (χ0n) is 20.3. The predicted octanol–water partition coefficient (Wildman–Crippen LogP) is 8.82. The lowest BCUT2D eigenvalue weighted by Gasteiger charge is -2.22. The van der Waals surface area contributed by atoms with Crippen LogP contribution in [0.3, 0.4) is 0 Å². The first-order valence-electron chi connectivity index (χ1n) is 11.9. The standard InChI is InChI=1S/C12H9NS.C11H15N.C5H8.C2H6/c1-3-7-11-9(5-1)13-10-6-2-4-8-12(10)14-11;1-2-4-10(5-3-1)11-6-8-12-9-7-11;1-3-5-4-2;1-2/h1-8,13H;1-5,11-12H,6-9H2;3-5H,1H2,2H3;1-2H3/b;;5-4-;. The van der Waals surface area contributed by atoms with Gasteiger partial charge in [0.2, 0.25) is 0 Å². The molecule has 0 aromatic heterocycles. The largest absolute Gasteiger partial charge is 0.354 e. The van der Waals surface area contributed by atoms with Crippen molar-refractivity contribution < 1.29 is 0 Å². The van der Waals surface area contributed by atoms with Crippen LogP contribution in [0.2, 0.25) is 0 Å². The molecule has 0 saturated carbocycles. The van der Waals surface area contributed by atoms with Crippen LogP contribution >= 0.6 is 11.8 Å². The second-order valence-electron chi connectivity index (χ2n) is 7.42. The Bertz CT molecular complexity index is 872. The molecule has 2 N–H and O–H groups in total. The van der Waals surface area contributed by atoms with E-state index >= 15 is 0 Å². The third-order valence-electron chi connectivity index (χ3n) is 5.20. The number of allylic oxidation sites excluding steroid dienone is 3. The van der Waals surface area contributed by atoms with E-state index in [1.807, 2.05) is 44.7 Å². The summed E-state index contributed by atoms with van der Waals surface area (Å²) in [5.74, 6) is 0.799. The van der Waals surface area contributed by atoms with Crippen molar-refractivity contribution in [3.05, 3.63) is 109 Å². The number of fused-ring (bicyclic) bond motifs is 2. The van der Waals surface area contributed by atoms with Crippen LogP contribution in [-0.4, -0.2) is 13.1 Å².